The molecule has 3 N–H and O–H groups in total. The fourth-order valence-corrected chi connectivity index (χ4v) is 3.33. The number of amides is 3. The first-order valence-electron chi connectivity index (χ1n) is 9.13. The molecule has 10 heteroatoms. The number of halogens is 1. The maximum atomic E-state index is 14.9. The van der Waals surface area contributed by atoms with Crippen LogP contribution in [0.1, 0.15) is 17.4 Å². The minimum atomic E-state index is -0.611. The molecule has 1 aromatic carbocycles. The zero-order valence-corrected chi connectivity index (χ0v) is 16.0. The Bertz CT molecular complexity index is 1180. The van der Waals surface area contributed by atoms with Crippen LogP contribution in [0.25, 0.3) is 16.8 Å². The van der Waals surface area contributed by atoms with Gasteiger partial charge in [-0.05, 0) is 35.9 Å². The Morgan fingerprint density at radius 1 is 1.33 bits per heavy atom. The van der Waals surface area contributed by atoms with Crippen molar-refractivity contribution in [1.82, 2.24) is 14.7 Å². The van der Waals surface area contributed by atoms with E-state index in [0.29, 0.717) is 22.5 Å². The molecule has 3 amide bonds. The number of nitrogens with zero attached hydrogens (tertiary/aromatic N) is 3. The summed E-state index contributed by atoms with van der Waals surface area (Å²) >= 11 is 0. The van der Waals surface area contributed by atoms with Crippen molar-refractivity contribution in [2.45, 2.75) is 13.0 Å². The van der Waals surface area contributed by atoms with Gasteiger partial charge in [0, 0.05) is 18.7 Å². The largest absolute Gasteiger partial charge is 0.442 e. The lowest BCUT2D eigenvalue weighted by atomic mass is 10.1. The van der Waals surface area contributed by atoms with Crippen LogP contribution in [0.3, 0.4) is 0 Å². The van der Waals surface area contributed by atoms with Crippen molar-refractivity contribution >= 4 is 29.2 Å². The molecule has 0 radical (unpaired) electrons. The van der Waals surface area contributed by atoms with Crippen molar-refractivity contribution < 1.29 is 23.5 Å². The van der Waals surface area contributed by atoms with Gasteiger partial charge in [0.1, 0.15) is 23.3 Å². The van der Waals surface area contributed by atoms with Gasteiger partial charge in [0.15, 0.2) is 0 Å². The third kappa shape index (κ3) is 3.54. The number of hydrogen-bond acceptors (Lipinski definition) is 5. The number of carbonyl (C=O) groups excluding carboxylic acids is 3. The third-order valence-corrected chi connectivity index (χ3v) is 4.79. The smallest absolute Gasteiger partial charge is 0.414 e. The Kier molecular flexibility index (Phi) is 4.82. The number of primary amides is 1. The lowest BCUT2D eigenvalue weighted by Gasteiger charge is -2.14. The van der Waals surface area contributed by atoms with E-state index in [1.165, 1.54) is 28.5 Å². The maximum absolute atomic E-state index is 14.9. The third-order valence-electron chi connectivity index (χ3n) is 4.79. The molecule has 1 aliphatic heterocycles. The van der Waals surface area contributed by atoms with Crippen LogP contribution in [-0.2, 0) is 9.53 Å². The standard InChI is InChI=1S/C20H18FN5O4/c1-11(27)23-8-14-10-26(20(29)30-14)13-2-3-15(16(21)7-13)12-4-5-25-17(19(22)28)9-24-18(25)6-12/h2-7,9,14H,8,10H2,1H3,(H2,22,28)(H,23,27)/t14-/m0/s1. The minimum absolute atomic E-state index is 0.190. The summed E-state index contributed by atoms with van der Waals surface area (Å²) < 4.78 is 21.6. The van der Waals surface area contributed by atoms with Gasteiger partial charge in [-0.1, -0.05) is 0 Å². The summed E-state index contributed by atoms with van der Waals surface area (Å²) in [5.74, 6) is -1.37. The molecule has 1 atom stereocenters. The van der Waals surface area contributed by atoms with Gasteiger partial charge < -0.3 is 15.8 Å². The average Bonchev–Trinajstić information content (AvgIpc) is 3.29. The van der Waals surface area contributed by atoms with Gasteiger partial charge in [-0.3, -0.25) is 18.9 Å². The Labute approximate surface area is 170 Å². The van der Waals surface area contributed by atoms with E-state index >= 15 is 0 Å². The molecule has 3 aromatic rings. The van der Waals surface area contributed by atoms with Gasteiger partial charge in [-0.15, -0.1) is 0 Å². The van der Waals surface area contributed by atoms with Gasteiger partial charge >= 0.3 is 6.09 Å². The van der Waals surface area contributed by atoms with E-state index in [9.17, 15) is 18.8 Å². The van der Waals surface area contributed by atoms with E-state index in [0.717, 1.165) is 0 Å². The van der Waals surface area contributed by atoms with E-state index in [1.54, 1.807) is 30.5 Å². The number of cyclic esters (lactones) is 1. The van der Waals surface area contributed by atoms with Crippen LogP contribution in [0.2, 0.25) is 0 Å². The molecule has 154 valence electrons. The first-order chi connectivity index (χ1) is 14.3. The van der Waals surface area contributed by atoms with Crippen LogP contribution < -0.4 is 16.0 Å². The van der Waals surface area contributed by atoms with E-state index in [1.807, 2.05) is 0 Å². The quantitative estimate of drug-likeness (QED) is 0.662. The van der Waals surface area contributed by atoms with Crippen molar-refractivity contribution in [3.63, 3.8) is 0 Å². The number of anilines is 1. The summed E-state index contributed by atoms with van der Waals surface area (Å²) in [5.41, 5.74) is 7.21. The molecule has 30 heavy (non-hydrogen) atoms. The number of pyridine rings is 1. The number of nitrogens with one attached hydrogen (secondary N) is 1. The second kappa shape index (κ2) is 7.47. The highest BCUT2D eigenvalue weighted by atomic mass is 19.1. The Hall–Kier alpha value is -3.95. The number of rotatable bonds is 5. The Balaban J connectivity index is 1.58. The summed E-state index contributed by atoms with van der Waals surface area (Å²) in [4.78, 5) is 40.0. The van der Waals surface area contributed by atoms with Gasteiger partial charge in [-0.25, -0.2) is 14.2 Å². The molecule has 0 unspecified atom stereocenters. The zero-order valence-electron chi connectivity index (χ0n) is 16.0. The number of imidazole rings is 1. The van der Waals surface area contributed by atoms with Crippen LogP contribution in [0.4, 0.5) is 14.9 Å². The number of carbonyl (C=O) groups is 3. The number of aromatic nitrogens is 2. The molecular weight excluding hydrogens is 393 g/mol. The van der Waals surface area contributed by atoms with Crippen molar-refractivity contribution in [2.24, 2.45) is 5.73 Å². The van der Waals surface area contributed by atoms with E-state index in [-0.39, 0.29) is 24.7 Å². The number of fused-ring (bicyclic) bond motifs is 1. The summed E-state index contributed by atoms with van der Waals surface area (Å²) in [6.07, 6.45) is 1.84. The Morgan fingerprint density at radius 3 is 2.83 bits per heavy atom. The lowest BCUT2D eigenvalue weighted by Crippen LogP contribution is -2.33. The van der Waals surface area contributed by atoms with Crippen molar-refractivity contribution in [2.75, 3.05) is 18.0 Å². The highest BCUT2D eigenvalue weighted by Gasteiger charge is 2.32. The van der Waals surface area contributed by atoms with E-state index < -0.39 is 23.9 Å². The normalized spacial score (nSPS) is 16.0. The summed E-state index contributed by atoms with van der Waals surface area (Å²) in [7, 11) is 0. The fraction of sp³-hybridized carbons (Fsp3) is 0.200. The van der Waals surface area contributed by atoms with Gasteiger partial charge in [-0.2, -0.15) is 0 Å². The van der Waals surface area contributed by atoms with Gasteiger partial charge in [0.05, 0.1) is 25.0 Å². The molecule has 9 nitrogen and oxygen atoms in total. The summed E-state index contributed by atoms with van der Waals surface area (Å²) in [6, 6.07) is 7.71. The molecular formula is C20H18FN5O4. The second-order valence-electron chi connectivity index (χ2n) is 6.87. The average molecular weight is 411 g/mol. The predicted molar refractivity (Wildman–Crippen MR) is 105 cm³/mol. The van der Waals surface area contributed by atoms with Crippen LogP contribution in [0.15, 0.2) is 42.7 Å². The molecule has 2 aromatic heterocycles. The molecule has 1 aliphatic rings. The molecule has 0 bridgehead atoms. The van der Waals surface area contributed by atoms with Gasteiger partial charge in [0.2, 0.25) is 5.91 Å². The van der Waals surface area contributed by atoms with Crippen LogP contribution >= 0.6 is 0 Å². The SMILES string of the molecule is CC(=O)NC[C@H]1CN(c2ccc(-c3ccn4c(C(N)=O)cnc4c3)c(F)c2)C(=O)O1. The number of benzene rings is 1. The number of ether oxygens (including phenoxy) is 1. The first-order valence-corrected chi connectivity index (χ1v) is 9.13. The zero-order chi connectivity index (χ0) is 21.4. The van der Waals surface area contributed by atoms with E-state index in [2.05, 4.69) is 10.3 Å². The van der Waals surface area contributed by atoms with Crippen molar-refractivity contribution in [3.8, 4) is 11.1 Å². The van der Waals surface area contributed by atoms with E-state index in [4.69, 9.17) is 10.5 Å². The van der Waals surface area contributed by atoms with Crippen LogP contribution in [0, 0.1) is 5.82 Å². The molecule has 1 fully saturated rings. The number of hydrogen-bond donors (Lipinski definition) is 2. The lowest BCUT2D eigenvalue weighted by molar-refractivity contribution is -0.119. The molecule has 4 rings (SSSR count). The van der Waals surface area contributed by atoms with Crippen LogP contribution in [-0.4, -0.2) is 46.5 Å². The second-order valence-corrected chi connectivity index (χ2v) is 6.87. The monoisotopic (exact) mass is 411 g/mol. The first kappa shape index (κ1) is 19.4. The van der Waals surface area contributed by atoms with Crippen molar-refractivity contribution in [3.05, 3.63) is 54.2 Å². The summed E-state index contributed by atoms with van der Waals surface area (Å²) in [5, 5.41) is 2.59. The molecule has 0 spiro atoms. The maximum Gasteiger partial charge on any atom is 0.414 e. The molecule has 0 saturated carbocycles. The topological polar surface area (TPSA) is 119 Å². The van der Waals surface area contributed by atoms with Crippen molar-refractivity contribution in [1.29, 1.82) is 0 Å². The van der Waals surface area contributed by atoms with Crippen LogP contribution in [0.5, 0.6) is 0 Å². The fourth-order valence-electron chi connectivity index (χ4n) is 3.33. The minimum Gasteiger partial charge on any atom is -0.442 e. The highest BCUT2D eigenvalue weighted by molar-refractivity contribution is 5.92. The Morgan fingerprint density at radius 2 is 2.13 bits per heavy atom. The summed E-state index contributed by atoms with van der Waals surface area (Å²) in [6.45, 7) is 1.77. The highest BCUT2D eigenvalue weighted by Crippen LogP contribution is 2.29. The molecule has 3 heterocycles. The molecule has 1 saturated heterocycles. The molecule has 0 aliphatic carbocycles. The number of nitrogens with two attached hydrogens (primary N) is 1. The van der Waals surface area contributed by atoms with Gasteiger partial charge in [0.25, 0.3) is 5.91 Å². The predicted octanol–water partition coefficient (Wildman–Crippen LogP) is 1.70.